The van der Waals surface area contributed by atoms with E-state index >= 15 is 0 Å². The second kappa shape index (κ2) is 11.0. The predicted octanol–water partition coefficient (Wildman–Crippen LogP) is 5.38. The number of nitrogens with zero attached hydrogens (tertiary/aromatic N) is 4. The minimum Gasteiger partial charge on any atom is -0.487 e. The maximum absolute atomic E-state index is 13.9. The van der Waals surface area contributed by atoms with Gasteiger partial charge in [-0.1, -0.05) is 28.9 Å². The number of unbranched alkanes of at least 4 members (excludes halogenated alkanes) is 1. The summed E-state index contributed by atoms with van der Waals surface area (Å²) >= 11 is 6.97. The highest BCUT2D eigenvalue weighted by Crippen LogP contribution is 2.21. The fraction of sp³-hybridized carbons (Fsp3) is 0.217. The molecule has 0 spiro atoms. The number of carbonyl (C=O) groups excluding carboxylic acids is 1. The molecule has 1 amide bonds. The monoisotopic (exact) mass is 485 g/mol. The molecule has 0 bridgehead atoms. The number of hydrogen-bond acceptors (Lipinski definition) is 6. The van der Waals surface area contributed by atoms with Gasteiger partial charge in [-0.05, 0) is 55.2 Å². The zero-order valence-electron chi connectivity index (χ0n) is 17.6. The number of benzene rings is 2. The molecule has 7 nitrogen and oxygen atoms in total. The van der Waals surface area contributed by atoms with Crippen molar-refractivity contribution in [2.24, 2.45) is 0 Å². The molecule has 4 aromatic rings. The van der Waals surface area contributed by atoms with Gasteiger partial charge < -0.3 is 4.74 Å². The normalized spacial score (nSPS) is 10.8. The van der Waals surface area contributed by atoms with E-state index in [0.29, 0.717) is 10.8 Å². The van der Waals surface area contributed by atoms with Crippen LogP contribution in [0.1, 0.15) is 34.5 Å². The van der Waals surface area contributed by atoms with Crippen LogP contribution in [-0.4, -0.2) is 25.9 Å². The van der Waals surface area contributed by atoms with Crippen molar-refractivity contribution in [3.63, 3.8) is 0 Å². The zero-order chi connectivity index (χ0) is 23.0. The number of carbonyl (C=O) groups is 1. The molecule has 0 fully saturated rings. The molecule has 1 N–H and O–H groups in total. The number of halogens is 2. The molecule has 0 aliphatic rings. The smallest absolute Gasteiger partial charge is 0.260 e. The Kier molecular flexibility index (Phi) is 7.64. The molecule has 0 saturated carbocycles. The van der Waals surface area contributed by atoms with Crippen molar-refractivity contribution in [1.82, 2.24) is 20.0 Å². The van der Waals surface area contributed by atoms with Crippen molar-refractivity contribution in [1.29, 1.82) is 0 Å². The highest BCUT2D eigenvalue weighted by molar-refractivity contribution is 7.14. The molecule has 4 rings (SSSR count). The first-order valence-electron chi connectivity index (χ1n) is 10.3. The number of amides is 1. The second-order valence-corrected chi connectivity index (χ2v) is 8.57. The summed E-state index contributed by atoms with van der Waals surface area (Å²) in [7, 11) is 0. The van der Waals surface area contributed by atoms with E-state index in [0.717, 1.165) is 37.6 Å². The topological polar surface area (TPSA) is 81.9 Å². The van der Waals surface area contributed by atoms with Gasteiger partial charge >= 0.3 is 0 Å². The summed E-state index contributed by atoms with van der Waals surface area (Å²) < 4.78 is 21.5. The summed E-state index contributed by atoms with van der Waals surface area (Å²) in [5.74, 6) is -0.523. The van der Waals surface area contributed by atoms with Gasteiger partial charge in [0.2, 0.25) is 0 Å². The molecule has 0 aliphatic carbocycles. The minimum atomic E-state index is -0.682. The summed E-state index contributed by atoms with van der Waals surface area (Å²) in [6, 6.07) is 11.9. The largest absolute Gasteiger partial charge is 0.487 e. The SMILES string of the molecule is O=C(Nc1nc(COc2ccc(CCCCn3ccnn3)cc2)cs1)c1ccc(Cl)cc1F. The first-order valence-corrected chi connectivity index (χ1v) is 11.6. The number of rotatable bonds is 10. The number of thiazole rings is 1. The second-order valence-electron chi connectivity index (χ2n) is 7.28. The van der Waals surface area contributed by atoms with E-state index in [2.05, 4.69) is 32.7 Å². The highest BCUT2D eigenvalue weighted by atomic mass is 35.5. The molecule has 0 unspecified atom stereocenters. The van der Waals surface area contributed by atoms with E-state index in [4.69, 9.17) is 16.3 Å². The zero-order valence-corrected chi connectivity index (χ0v) is 19.2. The maximum Gasteiger partial charge on any atom is 0.260 e. The minimum absolute atomic E-state index is 0.0918. The molecule has 2 aromatic heterocycles. The molecule has 2 aromatic carbocycles. The van der Waals surface area contributed by atoms with Gasteiger partial charge in [0.05, 0.1) is 17.5 Å². The summed E-state index contributed by atoms with van der Waals surface area (Å²) in [5, 5.41) is 12.7. The van der Waals surface area contributed by atoms with Crippen LogP contribution >= 0.6 is 22.9 Å². The number of nitrogens with one attached hydrogen (secondary N) is 1. The Bertz CT molecular complexity index is 1200. The summed E-state index contributed by atoms with van der Waals surface area (Å²) in [6.45, 7) is 1.13. The van der Waals surface area contributed by atoms with E-state index in [1.807, 2.05) is 23.0 Å². The van der Waals surface area contributed by atoms with E-state index in [1.54, 1.807) is 11.6 Å². The third kappa shape index (κ3) is 6.59. The number of anilines is 1. The summed E-state index contributed by atoms with van der Waals surface area (Å²) in [4.78, 5) is 16.6. The Morgan fingerprint density at radius 1 is 1.18 bits per heavy atom. The first kappa shape index (κ1) is 22.9. The predicted molar refractivity (Wildman–Crippen MR) is 125 cm³/mol. The quantitative estimate of drug-likeness (QED) is 0.305. The van der Waals surface area contributed by atoms with E-state index in [-0.39, 0.29) is 17.2 Å². The van der Waals surface area contributed by atoms with Crippen molar-refractivity contribution in [2.75, 3.05) is 5.32 Å². The lowest BCUT2D eigenvalue weighted by Crippen LogP contribution is -2.13. The van der Waals surface area contributed by atoms with Crippen LogP contribution in [0.4, 0.5) is 9.52 Å². The average Bonchev–Trinajstić information content (AvgIpc) is 3.48. The molecular weight excluding hydrogens is 465 g/mol. The summed E-state index contributed by atoms with van der Waals surface area (Å²) in [5.41, 5.74) is 1.82. The first-order chi connectivity index (χ1) is 16.1. The van der Waals surface area contributed by atoms with Gasteiger partial charge in [-0.3, -0.25) is 14.8 Å². The molecule has 33 heavy (non-hydrogen) atoms. The lowest BCUT2D eigenvalue weighted by molar-refractivity contribution is 0.102. The van der Waals surface area contributed by atoms with Crippen molar-refractivity contribution < 1.29 is 13.9 Å². The Morgan fingerprint density at radius 2 is 2.03 bits per heavy atom. The van der Waals surface area contributed by atoms with Gasteiger partial charge in [0, 0.05) is 23.1 Å². The van der Waals surface area contributed by atoms with Crippen LogP contribution in [0.25, 0.3) is 0 Å². The average molecular weight is 486 g/mol. The van der Waals surface area contributed by atoms with Crippen LogP contribution in [0.3, 0.4) is 0 Å². The molecule has 2 heterocycles. The molecule has 0 saturated heterocycles. The number of aromatic nitrogens is 4. The lowest BCUT2D eigenvalue weighted by Gasteiger charge is -2.06. The third-order valence-corrected chi connectivity index (χ3v) is 5.87. The number of ether oxygens (including phenoxy) is 1. The lowest BCUT2D eigenvalue weighted by atomic mass is 10.1. The van der Waals surface area contributed by atoms with Crippen LogP contribution in [0, 0.1) is 5.82 Å². The fourth-order valence-corrected chi connectivity index (χ4v) is 3.98. The van der Waals surface area contributed by atoms with Crippen LogP contribution in [0.5, 0.6) is 5.75 Å². The Morgan fingerprint density at radius 3 is 2.79 bits per heavy atom. The van der Waals surface area contributed by atoms with Gasteiger partial charge in [-0.25, -0.2) is 9.37 Å². The van der Waals surface area contributed by atoms with E-state index in [9.17, 15) is 9.18 Å². The standard InChI is InChI=1S/C23H21ClFN5O2S/c24-17-6-9-20(21(25)13-17)22(31)28-23-27-18(15-33-23)14-32-19-7-4-16(5-8-19)3-1-2-11-30-12-10-26-29-30/h4-10,12-13,15H,1-3,11,14H2,(H,27,28,31). The Balaban J connectivity index is 1.22. The molecule has 0 radical (unpaired) electrons. The molecular formula is C23H21ClFN5O2S. The van der Waals surface area contributed by atoms with Gasteiger partial charge in [-0.2, -0.15) is 0 Å². The van der Waals surface area contributed by atoms with Gasteiger partial charge in [0.15, 0.2) is 5.13 Å². The van der Waals surface area contributed by atoms with Crippen LogP contribution in [0.2, 0.25) is 5.02 Å². The van der Waals surface area contributed by atoms with Crippen LogP contribution in [0.15, 0.2) is 60.2 Å². The van der Waals surface area contributed by atoms with Crippen molar-refractivity contribution in [2.45, 2.75) is 32.4 Å². The molecule has 170 valence electrons. The number of aryl methyl sites for hydroxylation is 2. The van der Waals surface area contributed by atoms with Crippen LogP contribution < -0.4 is 10.1 Å². The molecule has 0 atom stereocenters. The third-order valence-electron chi connectivity index (χ3n) is 4.83. The van der Waals surface area contributed by atoms with E-state index < -0.39 is 11.7 Å². The highest BCUT2D eigenvalue weighted by Gasteiger charge is 2.14. The fourth-order valence-electron chi connectivity index (χ4n) is 3.13. The summed E-state index contributed by atoms with van der Waals surface area (Å²) in [6.07, 6.45) is 6.63. The Hall–Kier alpha value is -3.30. The van der Waals surface area contributed by atoms with Gasteiger partial charge in [-0.15, -0.1) is 16.4 Å². The number of hydrogen-bond donors (Lipinski definition) is 1. The molecule has 0 aliphatic heterocycles. The Labute approximate surface area is 199 Å². The van der Waals surface area contributed by atoms with E-state index in [1.165, 1.54) is 29.0 Å². The van der Waals surface area contributed by atoms with Crippen molar-refractivity contribution in [3.05, 3.63) is 87.9 Å². The van der Waals surface area contributed by atoms with Crippen molar-refractivity contribution >= 4 is 34.0 Å². The van der Waals surface area contributed by atoms with Gasteiger partial charge in [0.25, 0.3) is 5.91 Å². The maximum atomic E-state index is 13.9. The van der Waals surface area contributed by atoms with Gasteiger partial charge in [0.1, 0.15) is 18.2 Å². The van der Waals surface area contributed by atoms with Crippen molar-refractivity contribution in [3.8, 4) is 5.75 Å². The molecule has 10 heteroatoms. The van der Waals surface area contributed by atoms with Crippen LogP contribution in [-0.2, 0) is 19.6 Å².